The third-order valence-electron chi connectivity index (χ3n) is 5.48. The summed E-state index contributed by atoms with van der Waals surface area (Å²) in [6, 6.07) is 8.97. The van der Waals surface area contributed by atoms with Gasteiger partial charge in [0, 0.05) is 12.8 Å². The van der Waals surface area contributed by atoms with Crippen molar-refractivity contribution >= 4 is 5.91 Å². The van der Waals surface area contributed by atoms with Gasteiger partial charge in [0.25, 0.3) is 5.91 Å². The van der Waals surface area contributed by atoms with Crippen LogP contribution < -0.4 is 0 Å². The summed E-state index contributed by atoms with van der Waals surface area (Å²) in [5.41, 5.74) is 1.05. The first-order chi connectivity index (χ1) is 12.6. The number of carbonyl (C=O) groups is 1. The van der Waals surface area contributed by atoms with Gasteiger partial charge in [-0.05, 0) is 12.0 Å². The topological polar surface area (TPSA) is 88.5 Å². The first-order valence-electron chi connectivity index (χ1n) is 9.17. The van der Waals surface area contributed by atoms with Crippen LogP contribution in [0.1, 0.15) is 24.8 Å². The Bertz CT molecular complexity index is 632. The van der Waals surface area contributed by atoms with Gasteiger partial charge in [-0.2, -0.15) is 0 Å². The molecular weight excluding hydrogens is 338 g/mol. The van der Waals surface area contributed by atoms with E-state index in [0.29, 0.717) is 39.3 Å². The Morgan fingerprint density at radius 2 is 1.88 bits per heavy atom. The van der Waals surface area contributed by atoms with Crippen molar-refractivity contribution in [2.24, 2.45) is 0 Å². The number of aliphatic hydroxyl groups is 2. The van der Waals surface area contributed by atoms with Gasteiger partial charge in [-0.25, -0.2) is 0 Å². The van der Waals surface area contributed by atoms with Crippen molar-refractivity contribution in [1.29, 1.82) is 0 Å². The quantitative estimate of drug-likeness (QED) is 0.807. The molecule has 1 aromatic carbocycles. The van der Waals surface area contributed by atoms with E-state index >= 15 is 0 Å². The van der Waals surface area contributed by atoms with Crippen molar-refractivity contribution in [2.45, 2.75) is 55.9 Å². The van der Waals surface area contributed by atoms with Gasteiger partial charge in [-0.1, -0.05) is 30.3 Å². The van der Waals surface area contributed by atoms with Crippen LogP contribution >= 0.6 is 0 Å². The molecule has 3 heterocycles. The monoisotopic (exact) mass is 363 g/mol. The summed E-state index contributed by atoms with van der Waals surface area (Å²) in [4.78, 5) is 14.0. The Morgan fingerprint density at radius 3 is 2.62 bits per heavy atom. The number of benzene rings is 1. The van der Waals surface area contributed by atoms with E-state index in [1.807, 2.05) is 30.3 Å². The number of rotatable bonds is 4. The molecule has 3 fully saturated rings. The van der Waals surface area contributed by atoms with Crippen LogP contribution in [0.4, 0.5) is 0 Å². The van der Waals surface area contributed by atoms with Crippen LogP contribution in [-0.4, -0.2) is 70.9 Å². The highest BCUT2D eigenvalue weighted by Crippen LogP contribution is 2.42. The fourth-order valence-electron chi connectivity index (χ4n) is 4.25. The number of aliphatic hydroxyl groups excluding tert-OH is 2. The summed E-state index contributed by atoms with van der Waals surface area (Å²) in [7, 11) is 0. The number of nitrogens with zero attached hydrogens (tertiary/aromatic N) is 1. The number of hydrogen-bond acceptors (Lipinski definition) is 6. The maximum absolute atomic E-state index is 12.4. The molecule has 142 valence electrons. The van der Waals surface area contributed by atoms with Gasteiger partial charge in [-0.15, -0.1) is 0 Å². The third-order valence-corrected chi connectivity index (χ3v) is 5.48. The van der Waals surface area contributed by atoms with Gasteiger partial charge in [-0.3, -0.25) is 4.79 Å². The molecule has 0 aromatic heterocycles. The van der Waals surface area contributed by atoms with Gasteiger partial charge in [0.2, 0.25) is 0 Å². The summed E-state index contributed by atoms with van der Waals surface area (Å²) in [6.07, 6.45) is -0.855. The molecule has 26 heavy (non-hydrogen) atoms. The fourth-order valence-corrected chi connectivity index (χ4v) is 4.25. The molecule has 1 aromatic rings. The molecule has 3 saturated heterocycles. The lowest BCUT2D eigenvalue weighted by Crippen LogP contribution is -2.60. The Hall–Kier alpha value is -1.51. The van der Waals surface area contributed by atoms with E-state index in [-0.39, 0.29) is 6.04 Å². The van der Waals surface area contributed by atoms with Gasteiger partial charge in [0.05, 0.1) is 38.5 Å². The van der Waals surface area contributed by atoms with E-state index in [1.54, 1.807) is 4.90 Å². The number of carbonyl (C=O) groups excluding carboxylic acids is 1. The molecule has 4 rings (SSSR count). The van der Waals surface area contributed by atoms with Crippen LogP contribution in [-0.2, 0) is 25.6 Å². The van der Waals surface area contributed by atoms with E-state index in [0.717, 1.165) is 12.0 Å². The van der Waals surface area contributed by atoms with E-state index in [4.69, 9.17) is 14.2 Å². The largest absolute Gasteiger partial charge is 0.388 e. The van der Waals surface area contributed by atoms with Crippen molar-refractivity contribution in [1.82, 2.24) is 4.90 Å². The Balaban J connectivity index is 1.49. The maximum atomic E-state index is 12.4. The molecule has 3 aliphatic heterocycles. The summed E-state index contributed by atoms with van der Waals surface area (Å²) in [5, 5.41) is 20.4. The first-order valence-corrected chi connectivity index (χ1v) is 9.17. The number of fused-ring (bicyclic) bond motifs is 1. The van der Waals surface area contributed by atoms with Crippen molar-refractivity contribution in [2.75, 3.05) is 19.8 Å². The average molecular weight is 363 g/mol. The minimum Gasteiger partial charge on any atom is -0.388 e. The van der Waals surface area contributed by atoms with Crippen LogP contribution in [0.2, 0.25) is 0 Å². The van der Waals surface area contributed by atoms with E-state index < -0.39 is 29.9 Å². The molecule has 4 atom stereocenters. The summed E-state index contributed by atoms with van der Waals surface area (Å²) in [6.45, 7) is 1.92. The Morgan fingerprint density at radius 1 is 1.15 bits per heavy atom. The second kappa shape index (κ2) is 7.25. The van der Waals surface area contributed by atoms with Gasteiger partial charge in [0.15, 0.2) is 11.9 Å². The van der Waals surface area contributed by atoms with Crippen molar-refractivity contribution in [3.05, 3.63) is 35.9 Å². The van der Waals surface area contributed by atoms with Gasteiger partial charge in [0.1, 0.15) is 6.10 Å². The highest BCUT2D eigenvalue weighted by molar-refractivity contribution is 5.85. The number of piperidine rings is 1. The fraction of sp³-hybridized carbons (Fsp3) is 0.632. The molecule has 0 aliphatic carbocycles. The molecule has 7 heteroatoms. The van der Waals surface area contributed by atoms with Gasteiger partial charge < -0.3 is 29.3 Å². The molecule has 2 N–H and O–H groups in total. The standard InChI is InChI=1S/C19H25NO6/c21-16-15-10-19(25-7-4-8-26-19)9-14(20(15)18(23)17(16)22)12-24-11-13-5-2-1-3-6-13/h1-3,5-6,14-17,21-22H,4,7-12H2/t14-,15+,16+,17-/m0/s1. The molecule has 0 bridgehead atoms. The van der Waals surface area contributed by atoms with Crippen LogP contribution in [0.25, 0.3) is 0 Å². The SMILES string of the molecule is O=C1[C@@H](O)[C@H](O)[C@H]2CC3(C[C@@H](COCc4ccccc4)N12)OCCCO3. The van der Waals surface area contributed by atoms with Crippen LogP contribution in [0.3, 0.4) is 0 Å². The summed E-state index contributed by atoms with van der Waals surface area (Å²) in [5.74, 6) is -1.26. The van der Waals surface area contributed by atoms with Crippen molar-refractivity contribution in [3.63, 3.8) is 0 Å². The number of ether oxygens (including phenoxy) is 3. The number of amides is 1. The lowest BCUT2D eigenvalue weighted by atomic mass is 9.89. The molecule has 0 unspecified atom stereocenters. The molecule has 0 radical (unpaired) electrons. The van der Waals surface area contributed by atoms with Gasteiger partial charge >= 0.3 is 0 Å². The predicted octanol–water partition coefficient (Wildman–Crippen LogP) is 0.431. The zero-order chi connectivity index (χ0) is 18.1. The summed E-state index contributed by atoms with van der Waals surface area (Å²) < 4.78 is 17.7. The molecule has 0 saturated carbocycles. The molecule has 1 amide bonds. The molecule has 1 spiro atoms. The smallest absolute Gasteiger partial charge is 0.254 e. The summed E-state index contributed by atoms with van der Waals surface area (Å²) >= 11 is 0. The van der Waals surface area contributed by atoms with Crippen LogP contribution in [0.15, 0.2) is 30.3 Å². The zero-order valence-electron chi connectivity index (χ0n) is 14.6. The first kappa shape index (κ1) is 17.9. The van der Waals surface area contributed by atoms with Crippen molar-refractivity contribution < 1.29 is 29.2 Å². The second-order valence-corrected chi connectivity index (χ2v) is 7.27. The third kappa shape index (κ3) is 3.25. The molecule has 7 nitrogen and oxygen atoms in total. The van der Waals surface area contributed by atoms with Crippen LogP contribution in [0.5, 0.6) is 0 Å². The highest BCUT2D eigenvalue weighted by atomic mass is 16.7. The normalized spacial score (nSPS) is 33.5. The highest BCUT2D eigenvalue weighted by Gasteiger charge is 2.57. The minimum absolute atomic E-state index is 0.297. The average Bonchev–Trinajstić information content (AvgIpc) is 2.87. The van der Waals surface area contributed by atoms with Crippen molar-refractivity contribution in [3.8, 4) is 0 Å². The second-order valence-electron chi connectivity index (χ2n) is 7.27. The Kier molecular flexibility index (Phi) is 4.98. The van der Waals surface area contributed by atoms with Crippen LogP contribution in [0, 0.1) is 0 Å². The minimum atomic E-state index is -1.39. The molecular formula is C19H25NO6. The predicted molar refractivity (Wildman–Crippen MR) is 91.0 cm³/mol. The number of hydrogen-bond donors (Lipinski definition) is 2. The zero-order valence-corrected chi connectivity index (χ0v) is 14.6. The van der Waals surface area contributed by atoms with E-state index in [2.05, 4.69) is 0 Å². The Labute approximate surface area is 152 Å². The lowest BCUT2D eigenvalue weighted by molar-refractivity contribution is -0.298. The van der Waals surface area contributed by atoms with E-state index in [1.165, 1.54) is 0 Å². The van der Waals surface area contributed by atoms with E-state index in [9.17, 15) is 15.0 Å². The molecule has 3 aliphatic rings. The lowest BCUT2D eigenvalue weighted by Gasteiger charge is -2.49. The maximum Gasteiger partial charge on any atom is 0.254 e.